The molecule has 0 aromatic carbocycles. The van der Waals surface area contributed by atoms with E-state index in [2.05, 4.69) is 15.3 Å². The molecule has 0 aliphatic heterocycles. The van der Waals surface area contributed by atoms with Crippen molar-refractivity contribution in [2.75, 3.05) is 6.54 Å². The van der Waals surface area contributed by atoms with Crippen molar-refractivity contribution in [2.24, 2.45) is 7.05 Å². The predicted octanol–water partition coefficient (Wildman–Crippen LogP) is 2.82. The average Bonchev–Trinajstić information content (AvgIpc) is 2.73. The summed E-state index contributed by atoms with van der Waals surface area (Å²) in [5, 5.41) is 4.39. The number of halogens is 2. The van der Waals surface area contributed by atoms with Crippen LogP contribution >= 0.6 is 23.2 Å². The highest BCUT2D eigenvalue weighted by atomic mass is 35.5. The van der Waals surface area contributed by atoms with E-state index in [1.165, 1.54) is 0 Å². The Morgan fingerprint density at radius 3 is 2.72 bits per heavy atom. The van der Waals surface area contributed by atoms with E-state index in [1.54, 1.807) is 18.5 Å². The summed E-state index contributed by atoms with van der Waals surface area (Å²) < 4.78 is 1.94. The molecule has 0 amide bonds. The maximum atomic E-state index is 6.21. The third-order valence-corrected chi connectivity index (χ3v) is 3.14. The molecular formula is C12H14Cl2N4. The molecule has 0 fully saturated rings. The van der Waals surface area contributed by atoms with Crippen LogP contribution in [0.4, 0.5) is 0 Å². The highest BCUT2D eigenvalue weighted by molar-refractivity contribution is 6.34. The van der Waals surface area contributed by atoms with E-state index >= 15 is 0 Å². The Morgan fingerprint density at radius 1 is 1.39 bits per heavy atom. The molecule has 0 bridgehead atoms. The highest BCUT2D eigenvalue weighted by Crippen LogP contribution is 2.27. The van der Waals surface area contributed by atoms with E-state index < -0.39 is 0 Å². The molecule has 18 heavy (non-hydrogen) atoms. The van der Waals surface area contributed by atoms with Crippen LogP contribution in [-0.2, 0) is 7.05 Å². The second-order valence-electron chi connectivity index (χ2n) is 3.91. The molecule has 2 heterocycles. The summed E-state index contributed by atoms with van der Waals surface area (Å²) in [5.41, 5.74) is 0.734. The molecule has 0 saturated carbocycles. The van der Waals surface area contributed by atoms with Gasteiger partial charge in [-0.2, -0.15) is 0 Å². The smallest absolute Gasteiger partial charge is 0.131 e. The summed E-state index contributed by atoms with van der Waals surface area (Å²) in [4.78, 5) is 8.66. The van der Waals surface area contributed by atoms with Crippen molar-refractivity contribution in [3.05, 3.63) is 46.2 Å². The quantitative estimate of drug-likeness (QED) is 0.939. The fourth-order valence-electron chi connectivity index (χ4n) is 1.81. The molecule has 0 saturated heterocycles. The number of nitrogens with one attached hydrogen (secondary N) is 1. The van der Waals surface area contributed by atoms with Gasteiger partial charge in [-0.05, 0) is 12.6 Å². The van der Waals surface area contributed by atoms with Gasteiger partial charge in [0.15, 0.2) is 0 Å². The maximum absolute atomic E-state index is 6.21. The second-order valence-corrected chi connectivity index (χ2v) is 4.75. The molecular weight excluding hydrogens is 271 g/mol. The van der Waals surface area contributed by atoms with Crippen LogP contribution < -0.4 is 5.32 Å². The minimum absolute atomic E-state index is 0.139. The number of rotatable bonds is 4. The van der Waals surface area contributed by atoms with Crippen LogP contribution in [0.15, 0.2) is 24.7 Å². The Balaban J connectivity index is 2.45. The van der Waals surface area contributed by atoms with Gasteiger partial charge < -0.3 is 9.88 Å². The molecule has 2 aromatic heterocycles. The van der Waals surface area contributed by atoms with Crippen LogP contribution in [0, 0.1) is 0 Å². The zero-order valence-electron chi connectivity index (χ0n) is 10.2. The van der Waals surface area contributed by atoms with Crippen molar-refractivity contribution in [3.63, 3.8) is 0 Å². The van der Waals surface area contributed by atoms with Crippen LogP contribution in [-0.4, -0.2) is 21.1 Å². The van der Waals surface area contributed by atoms with Gasteiger partial charge in [-0.3, -0.25) is 4.98 Å². The van der Waals surface area contributed by atoms with Gasteiger partial charge in [-0.25, -0.2) is 4.98 Å². The number of nitrogens with zero attached hydrogens (tertiary/aromatic N) is 3. The van der Waals surface area contributed by atoms with Crippen LogP contribution in [0.5, 0.6) is 0 Å². The number of aromatic nitrogens is 3. The van der Waals surface area contributed by atoms with Crippen molar-refractivity contribution in [3.8, 4) is 0 Å². The fourth-order valence-corrected chi connectivity index (χ4v) is 2.30. The predicted molar refractivity (Wildman–Crippen MR) is 73.0 cm³/mol. The first kappa shape index (κ1) is 13.3. The first-order valence-corrected chi connectivity index (χ1v) is 6.40. The second kappa shape index (κ2) is 5.69. The zero-order valence-corrected chi connectivity index (χ0v) is 11.7. The number of hydrogen-bond donors (Lipinski definition) is 1. The average molecular weight is 285 g/mol. The van der Waals surface area contributed by atoms with Crippen LogP contribution in [0.25, 0.3) is 0 Å². The molecule has 2 aromatic rings. The van der Waals surface area contributed by atoms with E-state index in [1.807, 2.05) is 24.7 Å². The summed E-state index contributed by atoms with van der Waals surface area (Å²) >= 11 is 12.1. The Kier molecular flexibility index (Phi) is 4.22. The van der Waals surface area contributed by atoms with Gasteiger partial charge in [0.25, 0.3) is 0 Å². The lowest BCUT2D eigenvalue weighted by Gasteiger charge is -2.18. The number of pyridine rings is 1. The lowest BCUT2D eigenvalue weighted by atomic mass is 10.1. The molecule has 0 aliphatic carbocycles. The highest BCUT2D eigenvalue weighted by Gasteiger charge is 2.21. The SMILES string of the molecule is CCNC(c1ncc(Cl)cc1Cl)c1nccn1C. The molecule has 4 nitrogen and oxygen atoms in total. The summed E-state index contributed by atoms with van der Waals surface area (Å²) in [7, 11) is 1.94. The largest absolute Gasteiger partial charge is 0.336 e. The molecule has 1 atom stereocenters. The van der Waals surface area contributed by atoms with Gasteiger partial charge in [0.2, 0.25) is 0 Å². The molecule has 0 spiro atoms. The third-order valence-electron chi connectivity index (χ3n) is 2.63. The molecule has 1 N–H and O–H groups in total. The first-order valence-electron chi connectivity index (χ1n) is 5.65. The van der Waals surface area contributed by atoms with Crippen molar-refractivity contribution in [2.45, 2.75) is 13.0 Å². The van der Waals surface area contributed by atoms with Crippen molar-refractivity contribution < 1.29 is 0 Å². The lowest BCUT2D eigenvalue weighted by molar-refractivity contribution is 0.565. The monoisotopic (exact) mass is 284 g/mol. The van der Waals surface area contributed by atoms with Crippen LogP contribution in [0.2, 0.25) is 10.0 Å². The first-order chi connectivity index (χ1) is 8.63. The van der Waals surface area contributed by atoms with Crippen molar-refractivity contribution in [1.29, 1.82) is 0 Å². The molecule has 1 unspecified atom stereocenters. The van der Waals surface area contributed by atoms with Crippen molar-refractivity contribution >= 4 is 23.2 Å². The minimum atomic E-state index is -0.139. The molecule has 6 heteroatoms. The Labute approximate surface area is 116 Å². The van der Waals surface area contributed by atoms with Gasteiger partial charge in [-0.15, -0.1) is 0 Å². The maximum Gasteiger partial charge on any atom is 0.131 e. The third kappa shape index (κ3) is 2.66. The van der Waals surface area contributed by atoms with E-state index in [0.717, 1.165) is 18.1 Å². The van der Waals surface area contributed by atoms with E-state index in [0.29, 0.717) is 10.0 Å². The Morgan fingerprint density at radius 2 is 2.17 bits per heavy atom. The normalized spacial score (nSPS) is 12.7. The summed E-state index contributed by atoms with van der Waals surface area (Å²) in [6, 6.07) is 1.55. The number of imidazole rings is 1. The van der Waals surface area contributed by atoms with E-state index in [-0.39, 0.29) is 6.04 Å². The van der Waals surface area contributed by atoms with Gasteiger partial charge in [0.1, 0.15) is 11.9 Å². The van der Waals surface area contributed by atoms with Gasteiger partial charge >= 0.3 is 0 Å². The number of hydrogen-bond acceptors (Lipinski definition) is 3. The Bertz CT molecular complexity index is 539. The van der Waals surface area contributed by atoms with Gasteiger partial charge in [-0.1, -0.05) is 30.1 Å². The summed E-state index contributed by atoms with van der Waals surface area (Å²) in [6.07, 6.45) is 5.24. The van der Waals surface area contributed by atoms with E-state index in [9.17, 15) is 0 Å². The summed E-state index contributed by atoms with van der Waals surface area (Å²) in [5.74, 6) is 0.869. The minimum Gasteiger partial charge on any atom is -0.336 e. The standard InChI is InChI=1S/C12H14Cl2N4/c1-3-15-11(12-16-4-5-18(12)2)10-9(14)6-8(13)7-17-10/h4-7,11,15H,3H2,1-2H3. The fraction of sp³-hybridized carbons (Fsp3) is 0.333. The molecule has 0 aliphatic rings. The van der Waals surface area contributed by atoms with Crippen LogP contribution in [0.1, 0.15) is 24.5 Å². The zero-order chi connectivity index (χ0) is 13.1. The topological polar surface area (TPSA) is 42.7 Å². The van der Waals surface area contributed by atoms with Gasteiger partial charge in [0, 0.05) is 25.6 Å². The lowest BCUT2D eigenvalue weighted by Crippen LogP contribution is -2.26. The molecule has 96 valence electrons. The van der Waals surface area contributed by atoms with Gasteiger partial charge in [0.05, 0.1) is 15.7 Å². The number of aryl methyl sites for hydroxylation is 1. The summed E-state index contributed by atoms with van der Waals surface area (Å²) in [6.45, 7) is 2.82. The van der Waals surface area contributed by atoms with Crippen LogP contribution in [0.3, 0.4) is 0 Å². The Hall–Kier alpha value is -1.10. The molecule has 0 radical (unpaired) electrons. The molecule has 2 rings (SSSR count). The van der Waals surface area contributed by atoms with E-state index in [4.69, 9.17) is 23.2 Å². The van der Waals surface area contributed by atoms with Crippen molar-refractivity contribution in [1.82, 2.24) is 19.9 Å².